The molecule has 0 saturated heterocycles. The van der Waals surface area contributed by atoms with Crippen LogP contribution in [0, 0.1) is 0 Å². The van der Waals surface area contributed by atoms with E-state index in [0.29, 0.717) is 0 Å². The van der Waals surface area contributed by atoms with Crippen molar-refractivity contribution in [3.8, 4) is 0 Å². The van der Waals surface area contributed by atoms with Gasteiger partial charge in [-0.3, -0.25) is 0 Å². The van der Waals surface area contributed by atoms with Crippen molar-refractivity contribution in [1.82, 2.24) is 0 Å². The molecule has 0 aliphatic heterocycles. The molecule has 0 unspecified atom stereocenters. The molecule has 0 spiro atoms. The third-order valence-electron chi connectivity index (χ3n) is 0. The van der Waals surface area contributed by atoms with Crippen LogP contribution < -0.4 is 24.0 Å². The van der Waals surface area contributed by atoms with Gasteiger partial charge in [-0.15, -0.1) is 0 Å². The van der Waals surface area contributed by atoms with E-state index in [1.54, 1.807) is 0 Å². The normalized spacial score (nSPS) is 1.50. The topological polar surface area (TPSA) is 20.2 Å². The van der Waals surface area contributed by atoms with E-state index in [1.165, 1.54) is 0 Å². The summed E-state index contributed by atoms with van der Waals surface area (Å²) in [5, 5.41) is 7.00. The van der Waals surface area contributed by atoms with Crippen LogP contribution in [0.5, 0.6) is 0 Å². The number of halogens is 1. The van der Waals surface area contributed by atoms with Crippen LogP contribution in [0.1, 0.15) is 0 Å². The molecule has 0 bridgehead atoms. The smallest absolute Gasteiger partial charge is 1.00 e. The summed E-state index contributed by atoms with van der Waals surface area (Å²) >= 11 is 0. The van der Waals surface area contributed by atoms with Crippen LogP contribution in [0.4, 0.5) is 0 Å². The molecule has 0 fully saturated rings. The van der Waals surface area contributed by atoms with Gasteiger partial charge in [0.1, 0.15) is 0 Å². The van der Waals surface area contributed by atoms with Gasteiger partial charge in [-0.2, -0.15) is 0 Å². The van der Waals surface area contributed by atoms with E-state index < -0.39 is 0 Å². The second kappa shape index (κ2) is 25.1. The van der Waals surface area contributed by atoms with Gasteiger partial charge in [0.05, 0.1) is 0 Å². The predicted molar refractivity (Wildman–Crippen MR) is 13.9 cm³/mol. The minimum Gasteiger partial charge on any atom is -1.00 e. The molecule has 0 aliphatic carbocycles. The Hall–Kier alpha value is 1.46. The van der Waals surface area contributed by atoms with Gasteiger partial charge >= 0.3 is 23.1 Å². The third-order valence-corrected chi connectivity index (χ3v) is 0. The Morgan fingerprint density at radius 3 is 1.25 bits per heavy atom. The van der Waals surface area contributed by atoms with Crippen molar-refractivity contribution in [3.05, 3.63) is 0 Å². The average molecular weight is 183 g/mol. The molecule has 22 valence electrons. The quantitative estimate of drug-likeness (QED) is 0.302. The molecular weight excluding hydrogens is 179 g/mol. The number of hydrogen-bond acceptors (Lipinski definition) is 1. The first-order valence-corrected chi connectivity index (χ1v) is 0.447. The summed E-state index contributed by atoms with van der Waals surface area (Å²) < 4.78 is 0. The van der Waals surface area contributed by atoms with Gasteiger partial charge in [0.25, 0.3) is 0 Å². The molecule has 0 aromatic carbocycles. The maximum absolute atomic E-state index is 7.00. The molecule has 0 heterocycles. The molecule has 0 aromatic heterocycles. The van der Waals surface area contributed by atoms with Crippen LogP contribution in [-0.4, -0.2) is 35.3 Å². The summed E-state index contributed by atoms with van der Waals surface area (Å²) in [7, 11) is 1.00. The standard InChI is InChI=1S/CH4O.HI.Mg/c1-2;;/h2H,1H3;1H;/q;;+2/p-1. The van der Waals surface area contributed by atoms with Gasteiger partial charge in [0.15, 0.2) is 0 Å². The first kappa shape index (κ1) is 18.0. The van der Waals surface area contributed by atoms with Crippen LogP contribution in [-0.2, 0) is 0 Å². The van der Waals surface area contributed by atoms with Crippen molar-refractivity contribution in [2.45, 2.75) is 0 Å². The number of aliphatic hydroxyl groups excluding tert-OH is 1. The van der Waals surface area contributed by atoms with Gasteiger partial charge in [-0.1, -0.05) is 0 Å². The van der Waals surface area contributed by atoms with Crippen molar-refractivity contribution >= 4 is 23.1 Å². The van der Waals surface area contributed by atoms with Crippen molar-refractivity contribution in [3.63, 3.8) is 0 Å². The van der Waals surface area contributed by atoms with E-state index in [0.717, 1.165) is 7.11 Å². The van der Waals surface area contributed by atoms with Crippen LogP contribution >= 0.6 is 0 Å². The maximum atomic E-state index is 7.00. The third kappa shape index (κ3) is 9.83. The fourth-order valence-corrected chi connectivity index (χ4v) is 0. The Labute approximate surface area is 58.9 Å². The molecule has 0 aliphatic rings. The van der Waals surface area contributed by atoms with E-state index in [1.807, 2.05) is 0 Å². The number of hydrogen-bond donors (Lipinski definition) is 1. The van der Waals surface area contributed by atoms with Crippen molar-refractivity contribution in [2.24, 2.45) is 0 Å². The second-order valence-corrected chi connectivity index (χ2v) is 0. The van der Waals surface area contributed by atoms with Gasteiger partial charge in [0, 0.05) is 7.11 Å². The number of rotatable bonds is 0. The molecule has 4 heavy (non-hydrogen) atoms. The summed E-state index contributed by atoms with van der Waals surface area (Å²) in [4.78, 5) is 0. The van der Waals surface area contributed by atoms with E-state index in [4.69, 9.17) is 5.11 Å². The van der Waals surface area contributed by atoms with Crippen LogP contribution in [0.3, 0.4) is 0 Å². The van der Waals surface area contributed by atoms with E-state index in [-0.39, 0.29) is 47.0 Å². The Morgan fingerprint density at radius 2 is 1.25 bits per heavy atom. The molecule has 0 amide bonds. The maximum Gasteiger partial charge on any atom is 2.00 e. The Bertz CT molecular complexity index is 8.00. The molecule has 0 aromatic rings. The monoisotopic (exact) mass is 183 g/mol. The van der Waals surface area contributed by atoms with E-state index in [9.17, 15) is 0 Å². The number of aliphatic hydroxyl groups is 1. The Balaban J connectivity index is -0.00000000500. The SMILES string of the molecule is CO.[I-].[Mg+2]. The summed E-state index contributed by atoms with van der Waals surface area (Å²) in [6.07, 6.45) is 0. The first-order chi connectivity index (χ1) is 1.00. The van der Waals surface area contributed by atoms with Crippen LogP contribution in [0.15, 0.2) is 0 Å². The second-order valence-electron chi connectivity index (χ2n) is 0. The summed E-state index contributed by atoms with van der Waals surface area (Å²) in [6.45, 7) is 0. The van der Waals surface area contributed by atoms with Crippen molar-refractivity contribution < 1.29 is 29.1 Å². The zero-order valence-corrected chi connectivity index (χ0v) is 6.10. The zero-order chi connectivity index (χ0) is 2.00. The first-order valence-electron chi connectivity index (χ1n) is 0.447. The average Bonchev–Trinajstić information content (AvgIpc) is 1.00. The van der Waals surface area contributed by atoms with E-state index >= 15 is 0 Å². The van der Waals surface area contributed by atoms with Gasteiger partial charge in [0.2, 0.25) is 0 Å². The fraction of sp³-hybridized carbons (Fsp3) is 1.00. The van der Waals surface area contributed by atoms with Crippen LogP contribution in [0.25, 0.3) is 0 Å². The minimum atomic E-state index is 0. The summed E-state index contributed by atoms with van der Waals surface area (Å²) in [5.41, 5.74) is 0. The van der Waals surface area contributed by atoms with Gasteiger partial charge < -0.3 is 29.1 Å². The molecule has 0 saturated carbocycles. The summed E-state index contributed by atoms with van der Waals surface area (Å²) in [6, 6.07) is 0. The molecule has 3 heteroatoms. The molecule has 1 nitrogen and oxygen atoms in total. The van der Waals surface area contributed by atoms with Gasteiger partial charge in [-0.25, -0.2) is 0 Å². The molecular formula is CH4IMgO+. The van der Waals surface area contributed by atoms with E-state index in [2.05, 4.69) is 0 Å². The molecule has 0 rings (SSSR count). The summed E-state index contributed by atoms with van der Waals surface area (Å²) in [5.74, 6) is 0. The fourth-order valence-electron chi connectivity index (χ4n) is 0. The van der Waals surface area contributed by atoms with Crippen molar-refractivity contribution in [2.75, 3.05) is 7.11 Å². The van der Waals surface area contributed by atoms with Gasteiger partial charge in [-0.05, 0) is 0 Å². The minimum absolute atomic E-state index is 0. The van der Waals surface area contributed by atoms with Crippen molar-refractivity contribution in [1.29, 1.82) is 0 Å². The predicted octanol–water partition coefficient (Wildman–Crippen LogP) is -3.77. The zero-order valence-electron chi connectivity index (χ0n) is 2.53. The Morgan fingerprint density at radius 1 is 1.25 bits per heavy atom. The molecule has 0 atom stereocenters. The molecule has 0 radical (unpaired) electrons. The molecule has 1 N–H and O–H groups in total. The Kier molecular flexibility index (Phi) is 113. The largest absolute Gasteiger partial charge is 2.00 e. The van der Waals surface area contributed by atoms with Crippen LogP contribution in [0.2, 0.25) is 0 Å².